The number of hydrogen-bond donors (Lipinski definition) is 1. The largest absolute Gasteiger partial charge is 0.710 e. The van der Waals surface area contributed by atoms with Gasteiger partial charge in [0.25, 0.3) is 0 Å². The summed E-state index contributed by atoms with van der Waals surface area (Å²) in [5.74, 6) is 0.764. The van der Waals surface area contributed by atoms with Gasteiger partial charge in [-0.15, -0.1) is 0 Å². The fourth-order valence-electron chi connectivity index (χ4n) is 2.85. The van der Waals surface area contributed by atoms with Crippen molar-refractivity contribution in [2.24, 2.45) is 0 Å². The summed E-state index contributed by atoms with van der Waals surface area (Å²) in [5.41, 5.74) is 7.19. The second-order valence-electron chi connectivity index (χ2n) is 6.00. The van der Waals surface area contributed by atoms with Gasteiger partial charge >= 0.3 is 11.4 Å². The SMILES string of the molecule is Cc1c(Oc2cccc(N)c2)c(=O)oc2cc(-c3nccc[n+]3[O-])ccc12. The van der Waals surface area contributed by atoms with Gasteiger partial charge in [0, 0.05) is 28.8 Å². The van der Waals surface area contributed by atoms with Crippen LogP contribution in [0.25, 0.3) is 22.4 Å². The monoisotopic (exact) mass is 361 g/mol. The van der Waals surface area contributed by atoms with E-state index in [2.05, 4.69) is 4.98 Å². The normalized spacial score (nSPS) is 10.9. The molecular formula is C20H15N3O4. The smallest absolute Gasteiger partial charge is 0.379 e. The van der Waals surface area contributed by atoms with Crippen molar-refractivity contribution in [2.45, 2.75) is 6.92 Å². The number of nitrogens with two attached hydrogens (primary N) is 1. The number of benzene rings is 2. The summed E-state index contributed by atoms with van der Waals surface area (Å²) in [6.45, 7) is 1.77. The van der Waals surface area contributed by atoms with Gasteiger partial charge in [0.1, 0.15) is 17.5 Å². The fourth-order valence-corrected chi connectivity index (χ4v) is 2.85. The van der Waals surface area contributed by atoms with Gasteiger partial charge in [-0.1, -0.05) is 6.07 Å². The lowest BCUT2D eigenvalue weighted by Crippen LogP contribution is -2.29. The molecule has 4 aromatic rings. The van der Waals surface area contributed by atoms with Crippen LogP contribution in [0.15, 0.2) is 70.1 Å². The van der Waals surface area contributed by atoms with E-state index in [1.165, 1.54) is 12.4 Å². The van der Waals surface area contributed by atoms with Crippen LogP contribution in [0.3, 0.4) is 0 Å². The van der Waals surface area contributed by atoms with Crippen molar-refractivity contribution in [1.82, 2.24) is 4.98 Å². The summed E-state index contributed by atoms with van der Waals surface area (Å²) in [4.78, 5) is 16.5. The number of ether oxygens (including phenoxy) is 1. The minimum absolute atomic E-state index is 0.0950. The molecular weight excluding hydrogens is 346 g/mol. The Morgan fingerprint density at radius 3 is 2.81 bits per heavy atom. The number of hydrogen-bond acceptors (Lipinski definition) is 6. The molecule has 7 heteroatoms. The molecule has 0 aliphatic carbocycles. The molecule has 2 aromatic carbocycles. The third-order valence-corrected chi connectivity index (χ3v) is 4.16. The third-order valence-electron chi connectivity index (χ3n) is 4.16. The number of aryl methyl sites for hydroxylation is 1. The Hall–Kier alpha value is -3.87. The van der Waals surface area contributed by atoms with Crippen molar-refractivity contribution in [3.8, 4) is 22.9 Å². The van der Waals surface area contributed by atoms with Gasteiger partial charge in [-0.05, 0) is 42.2 Å². The average Bonchev–Trinajstić information content (AvgIpc) is 2.65. The quantitative estimate of drug-likeness (QED) is 0.260. The molecule has 2 N–H and O–H groups in total. The molecule has 0 aliphatic rings. The Bertz CT molecular complexity index is 1220. The van der Waals surface area contributed by atoms with Crippen LogP contribution in [0.4, 0.5) is 5.69 Å². The number of anilines is 1. The van der Waals surface area contributed by atoms with E-state index in [-0.39, 0.29) is 11.6 Å². The van der Waals surface area contributed by atoms with Gasteiger partial charge in [0.2, 0.25) is 5.75 Å². The highest BCUT2D eigenvalue weighted by Gasteiger charge is 2.17. The molecule has 2 aromatic heterocycles. The molecule has 0 amide bonds. The van der Waals surface area contributed by atoms with E-state index in [9.17, 15) is 10.0 Å². The highest BCUT2D eigenvalue weighted by Crippen LogP contribution is 2.30. The van der Waals surface area contributed by atoms with Crippen LogP contribution >= 0.6 is 0 Å². The first-order chi connectivity index (χ1) is 13.0. The maximum absolute atomic E-state index is 12.5. The van der Waals surface area contributed by atoms with Crippen molar-refractivity contribution >= 4 is 16.7 Å². The van der Waals surface area contributed by atoms with Crippen LogP contribution in [0, 0.1) is 12.1 Å². The number of rotatable bonds is 3. The highest BCUT2D eigenvalue weighted by molar-refractivity contribution is 5.85. The summed E-state index contributed by atoms with van der Waals surface area (Å²) in [5, 5.41) is 12.6. The van der Waals surface area contributed by atoms with E-state index in [0.29, 0.717) is 38.3 Å². The van der Waals surface area contributed by atoms with Crippen molar-refractivity contribution in [3.63, 3.8) is 0 Å². The molecule has 0 radical (unpaired) electrons. The molecule has 0 saturated heterocycles. The van der Waals surface area contributed by atoms with Crippen LogP contribution in [0.1, 0.15) is 5.56 Å². The first kappa shape index (κ1) is 16.6. The Morgan fingerprint density at radius 1 is 1.19 bits per heavy atom. The first-order valence-corrected chi connectivity index (χ1v) is 8.18. The van der Waals surface area contributed by atoms with Crippen LogP contribution in [-0.4, -0.2) is 4.98 Å². The Morgan fingerprint density at radius 2 is 2.04 bits per heavy atom. The summed E-state index contributed by atoms with van der Waals surface area (Å²) in [7, 11) is 0. The maximum Gasteiger partial charge on any atom is 0.379 e. The topological polar surface area (TPSA) is 105 Å². The lowest BCUT2D eigenvalue weighted by Gasteiger charge is -2.10. The number of fused-ring (bicyclic) bond motifs is 1. The fraction of sp³-hybridized carbons (Fsp3) is 0.0500. The number of nitrogens with zero attached hydrogens (tertiary/aromatic N) is 2. The molecule has 0 bridgehead atoms. The van der Waals surface area contributed by atoms with Gasteiger partial charge in [0.15, 0.2) is 0 Å². The molecule has 0 atom stereocenters. The lowest BCUT2D eigenvalue weighted by atomic mass is 10.1. The van der Waals surface area contributed by atoms with Gasteiger partial charge in [-0.25, -0.2) is 9.52 Å². The molecule has 4 rings (SSSR count). The van der Waals surface area contributed by atoms with E-state index in [4.69, 9.17) is 14.9 Å². The number of nitrogen functional groups attached to an aromatic ring is 1. The van der Waals surface area contributed by atoms with Crippen molar-refractivity contribution in [2.75, 3.05) is 5.73 Å². The third kappa shape index (κ3) is 3.06. The Balaban J connectivity index is 1.82. The molecule has 0 spiro atoms. The summed E-state index contributed by atoms with van der Waals surface area (Å²) in [6, 6.07) is 13.5. The average molecular weight is 361 g/mol. The van der Waals surface area contributed by atoms with Crippen LogP contribution in [0.5, 0.6) is 11.5 Å². The first-order valence-electron chi connectivity index (χ1n) is 8.18. The zero-order chi connectivity index (χ0) is 19.0. The van der Waals surface area contributed by atoms with E-state index < -0.39 is 5.63 Å². The predicted molar refractivity (Wildman–Crippen MR) is 100 cm³/mol. The minimum Gasteiger partial charge on any atom is -0.710 e. The summed E-state index contributed by atoms with van der Waals surface area (Å²) >= 11 is 0. The lowest BCUT2D eigenvalue weighted by molar-refractivity contribution is -0.596. The van der Waals surface area contributed by atoms with Crippen molar-refractivity contribution in [1.29, 1.82) is 0 Å². The summed E-state index contributed by atoms with van der Waals surface area (Å²) in [6.07, 6.45) is 2.88. The Labute approximate surface area is 153 Å². The van der Waals surface area contributed by atoms with E-state index in [1.807, 2.05) is 0 Å². The molecule has 134 valence electrons. The molecule has 7 nitrogen and oxygen atoms in total. The molecule has 2 heterocycles. The standard InChI is InChI=1S/C20H15N3O4/c1-12-16-7-6-13(19-22-8-3-9-23(19)25)10-17(16)27-20(24)18(12)26-15-5-2-4-14(21)11-15/h2-11H,21H2,1H3. The molecule has 0 saturated carbocycles. The van der Waals surface area contributed by atoms with Crippen LogP contribution in [-0.2, 0) is 0 Å². The highest BCUT2D eigenvalue weighted by atomic mass is 16.5. The second-order valence-corrected chi connectivity index (χ2v) is 6.00. The number of aromatic nitrogens is 2. The van der Waals surface area contributed by atoms with Gasteiger partial charge in [0.05, 0.1) is 11.8 Å². The van der Waals surface area contributed by atoms with Crippen molar-refractivity contribution in [3.05, 3.63) is 82.1 Å². The van der Waals surface area contributed by atoms with Crippen LogP contribution < -0.4 is 20.8 Å². The van der Waals surface area contributed by atoms with E-state index in [1.54, 1.807) is 55.5 Å². The zero-order valence-corrected chi connectivity index (χ0v) is 14.4. The molecule has 27 heavy (non-hydrogen) atoms. The van der Waals surface area contributed by atoms with E-state index in [0.717, 1.165) is 0 Å². The summed E-state index contributed by atoms with van der Waals surface area (Å²) < 4.78 is 11.8. The molecule has 0 unspecified atom stereocenters. The van der Waals surface area contributed by atoms with E-state index >= 15 is 0 Å². The van der Waals surface area contributed by atoms with Crippen LogP contribution in [0.2, 0.25) is 0 Å². The zero-order valence-electron chi connectivity index (χ0n) is 14.4. The van der Waals surface area contributed by atoms with Gasteiger partial charge in [-0.3, -0.25) is 0 Å². The second kappa shape index (κ2) is 6.45. The Kier molecular flexibility index (Phi) is 3.97. The van der Waals surface area contributed by atoms with Gasteiger partial charge in [-0.2, -0.15) is 0 Å². The minimum atomic E-state index is -0.615. The molecule has 0 aliphatic heterocycles. The molecule has 0 fully saturated rings. The van der Waals surface area contributed by atoms with Crippen molar-refractivity contribution < 1.29 is 13.9 Å². The van der Waals surface area contributed by atoms with Gasteiger partial charge < -0.3 is 20.1 Å². The predicted octanol–water partition coefficient (Wildman–Crippen LogP) is 3.17. The maximum atomic E-state index is 12.5.